The van der Waals surface area contributed by atoms with Gasteiger partial charge in [0.2, 0.25) is 0 Å². The van der Waals surface area contributed by atoms with Crippen molar-refractivity contribution in [3.8, 4) is 5.75 Å². The average molecular weight is 418 g/mol. The highest BCUT2D eigenvalue weighted by Crippen LogP contribution is 2.28. The Labute approximate surface area is 181 Å². The van der Waals surface area contributed by atoms with E-state index in [1.54, 1.807) is 0 Å². The van der Waals surface area contributed by atoms with Crippen molar-refractivity contribution in [1.29, 1.82) is 0 Å². The lowest BCUT2D eigenvalue weighted by molar-refractivity contribution is -0.147. The molecule has 0 heterocycles. The highest BCUT2D eigenvalue weighted by molar-refractivity contribution is 5.75. The zero-order chi connectivity index (χ0) is 22.1. The molecule has 1 N–H and O–H groups in total. The maximum atomic E-state index is 12.8. The van der Waals surface area contributed by atoms with Crippen LogP contribution < -0.4 is 10.1 Å². The fourth-order valence-electron chi connectivity index (χ4n) is 3.78. The van der Waals surface area contributed by atoms with Gasteiger partial charge in [-0.05, 0) is 56.3 Å². The monoisotopic (exact) mass is 417 g/mol. The summed E-state index contributed by atoms with van der Waals surface area (Å²) < 4.78 is 11.3. The molecule has 1 atom stereocenters. The number of hydrogen-bond donors (Lipinski definition) is 1. The highest BCUT2D eigenvalue weighted by atomic mass is 16.5. The minimum atomic E-state index is -0.238. The fraction of sp³-hybridized carbons (Fsp3) is 0.680. The van der Waals surface area contributed by atoms with Crippen LogP contribution in [0.15, 0.2) is 18.2 Å². The second kappa shape index (κ2) is 11.5. The summed E-state index contributed by atoms with van der Waals surface area (Å²) in [7, 11) is 1.93. The SMILES string of the molecule is CNC(C)Cc1ccc(OC(=O)C2CCCCCC2)c(COC(=O)CC(C)(C)C)c1. The summed E-state index contributed by atoms with van der Waals surface area (Å²) in [5, 5.41) is 3.23. The molecule has 0 aromatic heterocycles. The summed E-state index contributed by atoms with van der Waals surface area (Å²) in [5.41, 5.74) is 1.74. The second-order valence-corrected chi connectivity index (χ2v) is 9.84. The van der Waals surface area contributed by atoms with E-state index >= 15 is 0 Å². The van der Waals surface area contributed by atoms with Gasteiger partial charge in [-0.1, -0.05) is 52.5 Å². The smallest absolute Gasteiger partial charge is 0.314 e. The predicted octanol–water partition coefficient (Wildman–Crippen LogP) is 5.19. The molecule has 168 valence electrons. The van der Waals surface area contributed by atoms with Gasteiger partial charge in [-0.25, -0.2) is 0 Å². The minimum Gasteiger partial charge on any atom is -0.461 e. The topological polar surface area (TPSA) is 64.6 Å². The quantitative estimate of drug-likeness (QED) is 0.358. The van der Waals surface area contributed by atoms with Crippen LogP contribution in [0.25, 0.3) is 0 Å². The van der Waals surface area contributed by atoms with Gasteiger partial charge in [-0.15, -0.1) is 0 Å². The van der Waals surface area contributed by atoms with Crippen molar-refractivity contribution in [3.05, 3.63) is 29.3 Å². The summed E-state index contributed by atoms with van der Waals surface area (Å²) in [6, 6.07) is 6.15. The Balaban J connectivity index is 2.13. The maximum absolute atomic E-state index is 12.8. The molecule has 1 aliphatic rings. The first-order valence-electron chi connectivity index (χ1n) is 11.3. The van der Waals surface area contributed by atoms with Gasteiger partial charge in [0.25, 0.3) is 0 Å². The molecule has 1 fully saturated rings. The summed E-state index contributed by atoms with van der Waals surface area (Å²) in [6.07, 6.45) is 7.53. The molecule has 1 aliphatic carbocycles. The largest absolute Gasteiger partial charge is 0.461 e. The highest BCUT2D eigenvalue weighted by Gasteiger charge is 2.24. The van der Waals surface area contributed by atoms with Crippen LogP contribution in [0.3, 0.4) is 0 Å². The van der Waals surface area contributed by atoms with E-state index in [1.165, 1.54) is 12.8 Å². The number of benzene rings is 1. The third-order valence-corrected chi connectivity index (χ3v) is 5.62. The number of carbonyl (C=O) groups is 2. The number of likely N-dealkylation sites (N-methyl/N-ethyl adjacent to an activating group) is 1. The number of hydrogen-bond acceptors (Lipinski definition) is 5. The first kappa shape index (κ1) is 24.4. The van der Waals surface area contributed by atoms with Crippen LogP contribution in [0.2, 0.25) is 0 Å². The van der Waals surface area contributed by atoms with Crippen LogP contribution in [0.4, 0.5) is 0 Å². The number of carbonyl (C=O) groups excluding carboxylic acids is 2. The zero-order valence-corrected chi connectivity index (χ0v) is 19.4. The molecule has 1 saturated carbocycles. The van der Waals surface area contributed by atoms with Gasteiger partial charge in [-0.2, -0.15) is 0 Å². The van der Waals surface area contributed by atoms with Crippen LogP contribution in [-0.2, 0) is 27.4 Å². The van der Waals surface area contributed by atoms with Crippen molar-refractivity contribution in [2.75, 3.05) is 7.05 Å². The Bertz CT molecular complexity index is 700. The standard InChI is InChI=1S/C25H39NO4/c1-18(26-5)14-19-12-13-22(30-24(28)20-10-8-6-7-9-11-20)21(15-19)17-29-23(27)16-25(2,3)4/h12-13,15,18,20,26H,6-11,14,16-17H2,1-5H3. The fourth-order valence-corrected chi connectivity index (χ4v) is 3.78. The van der Waals surface area contributed by atoms with E-state index in [4.69, 9.17) is 9.47 Å². The van der Waals surface area contributed by atoms with E-state index in [1.807, 2.05) is 46.0 Å². The van der Waals surface area contributed by atoms with Crippen molar-refractivity contribution in [2.24, 2.45) is 11.3 Å². The summed E-state index contributed by atoms with van der Waals surface area (Å²) in [6.45, 7) is 8.25. The van der Waals surface area contributed by atoms with Crippen molar-refractivity contribution >= 4 is 11.9 Å². The molecule has 0 radical (unpaired) electrons. The summed E-state index contributed by atoms with van der Waals surface area (Å²) >= 11 is 0. The van der Waals surface area contributed by atoms with Crippen LogP contribution in [0.5, 0.6) is 5.75 Å². The van der Waals surface area contributed by atoms with E-state index < -0.39 is 0 Å². The molecule has 1 unspecified atom stereocenters. The van der Waals surface area contributed by atoms with Crippen LogP contribution in [0, 0.1) is 11.3 Å². The van der Waals surface area contributed by atoms with Crippen LogP contribution in [-0.4, -0.2) is 25.0 Å². The molecule has 30 heavy (non-hydrogen) atoms. The number of nitrogens with one attached hydrogen (secondary N) is 1. The molecule has 5 nitrogen and oxygen atoms in total. The van der Waals surface area contributed by atoms with E-state index in [2.05, 4.69) is 12.2 Å². The zero-order valence-electron chi connectivity index (χ0n) is 19.4. The molecule has 0 amide bonds. The third-order valence-electron chi connectivity index (χ3n) is 5.62. The average Bonchev–Trinajstić information content (AvgIpc) is 2.96. The van der Waals surface area contributed by atoms with Gasteiger partial charge < -0.3 is 14.8 Å². The van der Waals surface area contributed by atoms with E-state index in [0.29, 0.717) is 18.2 Å². The molecular formula is C25H39NO4. The number of ether oxygens (including phenoxy) is 2. The van der Waals surface area contributed by atoms with E-state index in [-0.39, 0.29) is 29.9 Å². The number of esters is 2. The van der Waals surface area contributed by atoms with Crippen molar-refractivity contribution in [1.82, 2.24) is 5.32 Å². The van der Waals surface area contributed by atoms with Gasteiger partial charge in [0, 0.05) is 11.6 Å². The first-order chi connectivity index (χ1) is 14.2. The normalized spacial score (nSPS) is 16.6. The van der Waals surface area contributed by atoms with Crippen molar-refractivity contribution in [2.45, 2.75) is 91.7 Å². The molecule has 0 aliphatic heterocycles. The van der Waals surface area contributed by atoms with Gasteiger partial charge >= 0.3 is 11.9 Å². The van der Waals surface area contributed by atoms with E-state index in [0.717, 1.165) is 43.2 Å². The lowest BCUT2D eigenvalue weighted by atomic mass is 9.92. The molecule has 1 aromatic carbocycles. The van der Waals surface area contributed by atoms with Gasteiger partial charge in [0.05, 0.1) is 12.3 Å². The first-order valence-corrected chi connectivity index (χ1v) is 11.3. The lowest BCUT2D eigenvalue weighted by Crippen LogP contribution is -2.24. The maximum Gasteiger partial charge on any atom is 0.314 e. The second-order valence-electron chi connectivity index (χ2n) is 9.84. The molecule has 0 bridgehead atoms. The molecule has 2 rings (SSSR count). The van der Waals surface area contributed by atoms with Gasteiger partial charge in [-0.3, -0.25) is 9.59 Å². The minimum absolute atomic E-state index is 0.0345. The van der Waals surface area contributed by atoms with Crippen LogP contribution >= 0.6 is 0 Å². The summed E-state index contributed by atoms with van der Waals surface area (Å²) in [5.74, 6) is 0.0782. The van der Waals surface area contributed by atoms with Gasteiger partial charge in [0.15, 0.2) is 0 Å². The third kappa shape index (κ3) is 8.47. The Kier molecular flexibility index (Phi) is 9.35. The predicted molar refractivity (Wildman–Crippen MR) is 119 cm³/mol. The van der Waals surface area contributed by atoms with Crippen LogP contribution in [0.1, 0.15) is 83.8 Å². The molecule has 0 spiro atoms. The van der Waals surface area contributed by atoms with Crippen molar-refractivity contribution < 1.29 is 19.1 Å². The Hall–Kier alpha value is -1.88. The Morgan fingerprint density at radius 1 is 1.13 bits per heavy atom. The molecule has 0 saturated heterocycles. The number of rotatable bonds is 8. The van der Waals surface area contributed by atoms with Gasteiger partial charge in [0.1, 0.15) is 12.4 Å². The van der Waals surface area contributed by atoms with Crippen molar-refractivity contribution in [3.63, 3.8) is 0 Å². The molecular weight excluding hydrogens is 378 g/mol. The summed E-state index contributed by atoms with van der Waals surface area (Å²) in [4.78, 5) is 25.0. The lowest BCUT2D eigenvalue weighted by Gasteiger charge is -2.19. The Morgan fingerprint density at radius 2 is 1.80 bits per heavy atom. The Morgan fingerprint density at radius 3 is 2.40 bits per heavy atom. The molecule has 1 aromatic rings. The van der Waals surface area contributed by atoms with E-state index in [9.17, 15) is 9.59 Å². The molecule has 5 heteroatoms.